The molecular formula is C62H112O5. The van der Waals surface area contributed by atoms with Crippen LogP contribution in [-0.2, 0) is 19.1 Å². The molecule has 0 aromatic heterocycles. The first-order chi connectivity index (χ1) is 33.1. The molecule has 0 radical (unpaired) electrons. The summed E-state index contributed by atoms with van der Waals surface area (Å²) in [6.45, 7) is 4.05. The molecule has 0 amide bonds. The third-order valence-electron chi connectivity index (χ3n) is 13.0. The second kappa shape index (κ2) is 57.9. The molecule has 67 heavy (non-hydrogen) atoms. The van der Waals surface area contributed by atoms with Gasteiger partial charge in [0.15, 0.2) is 6.10 Å². The predicted molar refractivity (Wildman–Crippen MR) is 293 cm³/mol. The smallest absolute Gasteiger partial charge is 0.306 e. The first kappa shape index (κ1) is 64.6. The average molecular weight is 938 g/mol. The third-order valence-corrected chi connectivity index (χ3v) is 13.0. The summed E-state index contributed by atoms with van der Waals surface area (Å²) in [5.74, 6) is -0.587. The van der Waals surface area contributed by atoms with Crippen LogP contribution >= 0.6 is 0 Å². The zero-order valence-corrected chi connectivity index (χ0v) is 44.7. The number of aliphatic hydroxyl groups is 1. The molecule has 0 aromatic rings. The van der Waals surface area contributed by atoms with Gasteiger partial charge in [0.25, 0.3) is 0 Å². The van der Waals surface area contributed by atoms with Crippen molar-refractivity contribution >= 4 is 11.9 Å². The summed E-state index contributed by atoms with van der Waals surface area (Å²) in [5.41, 5.74) is 0. The van der Waals surface area contributed by atoms with Crippen LogP contribution in [0.2, 0.25) is 0 Å². The van der Waals surface area contributed by atoms with Crippen LogP contribution in [0.5, 0.6) is 0 Å². The second-order valence-electron chi connectivity index (χ2n) is 19.7. The van der Waals surface area contributed by atoms with Crippen LogP contribution in [0.15, 0.2) is 60.8 Å². The molecule has 0 rings (SSSR count). The Morgan fingerprint density at radius 2 is 0.642 bits per heavy atom. The van der Waals surface area contributed by atoms with Crippen LogP contribution in [-0.4, -0.2) is 36.4 Å². The van der Waals surface area contributed by atoms with E-state index in [1.807, 2.05) is 0 Å². The molecule has 0 aliphatic rings. The maximum absolute atomic E-state index is 12.3. The summed E-state index contributed by atoms with van der Waals surface area (Å²) in [6, 6.07) is 0. The summed E-state index contributed by atoms with van der Waals surface area (Å²) in [5, 5.41) is 9.64. The number of hydrogen-bond donors (Lipinski definition) is 1. The Morgan fingerprint density at radius 1 is 0.358 bits per heavy atom. The molecule has 1 N–H and O–H groups in total. The van der Waals surface area contributed by atoms with E-state index >= 15 is 0 Å². The zero-order valence-electron chi connectivity index (χ0n) is 44.7. The molecule has 5 heteroatoms. The largest absolute Gasteiger partial charge is 0.462 e. The van der Waals surface area contributed by atoms with Crippen LogP contribution < -0.4 is 0 Å². The molecule has 0 bridgehead atoms. The van der Waals surface area contributed by atoms with E-state index < -0.39 is 6.10 Å². The number of carbonyl (C=O) groups excluding carboxylic acids is 2. The zero-order chi connectivity index (χ0) is 48.5. The number of ether oxygens (including phenoxy) is 2. The lowest BCUT2D eigenvalue weighted by atomic mass is 10.0. The van der Waals surface area contributed by atoms with E-state index in [2.05, 4.69) is 74.6 Å². The van der Waals surface area contributed by atoms with Gasteiger partial charge in [-0.15, -0.1) is 0 Å². The van der Waals surface area contributed by atoms with Gasteiger partial charge >= 0.3 is 11.9 Å². The molecule has 0 heterocycles. The van der Waals surface area contributed by atoms with Crippen molar-refractivity contribution in [2.75, 3.05) is 13.2 Å². The highest BCUT2D eigenvalue weighted by Crippen LogP contribution is 2.17. The summed E-state index contributed by atoms with van der Waals surface area (Å²) in [7, 11) is 0. The van der Waals surface area contributed by atoms with Gasteiger partial charge in [-0.05, 0) is 77.0 Å². The van der Waals surface area contributed by atoms with Crippen LogP contribution in [0.25, 0.3) is 0 Å². The fourth-order valence-electron chi connectivity index (χ4n) is 8.66. The molecule has 0 aromatic carbocycles. The lowest BCUT2D eigenvalue weighted by molar-refractivity contribution is -0.161. The highest BCUT2D eigenvalue weighted by molar-refractivity contribution is 5.70. The van der Waals surface area contributed by atoms with E-state index in [9.17, 15) is 14.7 Å². The second-order valence-corrected chi connectivity index (χ2v) is 19.7. The maximum Gasteiger partial charge on any atom is 0.306 e. The van der Waals surface area contributed by atoms with Gasteiger partial charge in [-0.1, -0.05) is 274 Å². The minimum Gasteiger partial charge on any atom is -0.462 e. The van der Waals surface area contributed by atoms with Crippen LogP contribution in [0, 0.1) is 0 Å². The van der Waals surface area contributed by atoms with Crippen LogP contribution in [0.3, 0.4) is 0 Å². The highest BCUT2D eigenvalue weighted by Gasteiger charge is 2.16. The van der Waals surface area contributed by atoms with E-state index in [1.54, 1.807) is 0 Å². The molecule has 5 nitrogen and oxygen atoms in total. The van der Waals surface area contributed by atoms with Crippen molar-refractivity contribution in [3.8, 4) is 0 Å². The quantitative estimate of drug-likeness (QED) is 0.0374. The Balaban J connectivity index is 3.40. The minimum atomic E-state index is -0.774. The van der Waals surface area contributed by atoms with Crippen molar-refractivity contribution < 1.29 is 24.2 Å². The van der Waals surface area contributed by atoms with E-state index in [1.165, 1.54) is 205 Å². The molecule has 1 atom stereocenters. The standard InChI is InChI=1S/C62H112O5/c1-3-5-7-9-11-13-15-17-19-21-22-23-24-25-26-27-28-29-30-31-32-33-34-35-36-37-38-39-40-41-43-45-47-49-51-53-55-57-62(65)67-60(58-63)59-66-61(64)56-54-52-50-48-46-44-42-20-18-16-14-12-10-8-6-4-2/h5,7,11,13,17,19-20,22-23,42,60,63H,3-4,6,8-10,12,14-16,18,21,24-41,43-59H2,1-2H3/b7-5-,13-11-,19-17-,23-22-,42-20-. The molecular weight excluding hydrogens is 825 g/mol. The van der Waals surface area contributed by atoms with Crippen molar-refractivity contribution in [3.63, 3.8) is 0 Å². The van der Waals surface area contributed by atoms with Gasteiger partial charge in [-0.3, -0.25) is 9.59 Å². The number of carbonyl (C=O) groups is 2. The highest BCUT2D eigenvalue weighted by atomic mass is 16.6. The van der Waals surface area contributed by atoms with Crippen molar-refractivity contribution in [1.82, 2.24) is 0 Å². The molecule has 0 aliphatic carbocycles. The van der Waals surface area contributed by atoms with Gasteiger partial charge in [0.2, 0.25) is 0 Å². The molecule has 1 unspecified atom stereocenters. The Bertz CT molecular complexity index is 1150. The third kappa shape index (κ3) is 56.1. The Labute approximate surface area is 417 Å². The van der Waals surface area contributed by atoms with Crippen molar-refractivity contribution in [2.24, 2.45) is 0 Å². The number of aliphatic hydroxyl groups excluding tert-OH is 1. The van der Waals surface area contributed by atoms with Gasteiger partial charge in [0, 0.05) is 12.8 Å². The number of hydrogen-bond acceptors (Lipinski definition) is 5. The SMILES string of the molecule is CC/C=C\C/C=C\C/C=C\C/C=C\CCCCCCCCCCCCCCCCCCCCCCCCCCC(=O)OC(CO)COC(=O)CCCCCCC/C=C\CCCCCCCCC. The van der Waals surface area contributed by atoms with Gasteiger partial charge in [0.05, 0.1) is 6.61 Å². The monoisotopic (exact) mass is 937 g/mol. The Morgan fingerprint density at radius 3 is 0.985 bits per heavy atom. The van der Waals surface area contributed by atoms with Crippen molar-refractivity contribution in [1.29, 1.82) is 0 Å². The summed E-state index contributed by atoms with van der Waals surface area (Å²) >= 11 is 0. The number of unbranched alkanes of at least 4 members (excludes halogenated alkanes) is 36. The topological polar surface area (TPSA) is 72.8 Å². The normalized spacial score (nSPS) is 12.6. The fraction of sp³-hybridized carbons (Fsp3) is 0.806. The number of allylic oxidation sites excluding steroid dienone is 10. The maximum atomic E-state index is 12.3. The van der Waals surface area contributed by atoms with E-state index in [0.29, 0.717) is 12.8 Å². The minimum absolute atomic E-state index is 0.0667. The first-order valence-electron chi connectivity index (χ1n) is 29.3. The number of rotatable bonds is 54. The molecule has 0 saturated heterocycles. The van der Waals surface area contributed by atoms with Gasteiger partial charge in [-0.25, -0.2) is 0 Å². The van der Waals surface area contributed by atoms with E-state index in [0.717, 1.165) is 70.6 Å². The molecule has 0 spiro atoms. The van der Waals surface area contributed by atoms with Crippen molar-refractivity contribution in [2.45, 2.75) is 309 Å². The van der Waals surface area contributed by atoms with Crippen molar-refractivity contribution in [3.05, 3.63) is 60.8 Å². The summed E-state index contributed by atoms with van der Waals surface area (Å²) < 4.78 is 10.7. The lowest BCUT2D eigenvalue weighted by Crippen LogP contribution is -2.28. The lowest BCUT2D eigenvalue weighted by Gasteiger charge is -2.15. The van der Waals surface area contributed by atoms with E-state index in [-0.39, 0.29) is 25.2 Å². The average Bonchev–Trinajstić information content (AvgIpc) is 3.33. The van der Waals surface area contributed by atoms with Gasteiger partial charge in [-0.2, -0.15) is 0 Å². The first-order valence-corrected chi connectivity index (χ1v) is 29.3. The number of esters is 2. The van der Waals surface area contributed by atoms with Gasteiger partial charge in [0.1, 0.15) is 6.61 Å². The van der Waals surface area contributed by atoms with Crippen LogP contribution in [0.4, 0.5) is 0 Å². The predicted octanol–water partition coefficient (Wildman–Crippen LogP) is 19.8. The van der Waals surface area contributed by atoms with Gasteiger partial charge < -0.3 is 14.6 Å². The Kier molecular flexibility index (Phi) is 55.8. The van der Waals surface area contributed by atoms with E-state index in [4.69, 9.17) is 9.47 Å². The molecule has 0 saturated carbocycles. The Hall–Kier alpha value is -2.40. The fourth-order valence-corrected chi connectivity index (χ4v) is 8.66. The summed E-state index contributed by atoms with van der Waals surface area (Å²) in [4.78, 5) is 24.5. The molecule has 0 aliphatic heterocycles. The summed E-state index contributed by atoms with van der Waals surface area (Å²) in [6.07, 6.45) is 77.9. The molecule has 0 fully saturated rings. The molecule has 390 valence electrons. The van der Waals surface area contributed by atoms with Crippen LogP contribution in [0.1, 0.15) is 303 Å².